The molecule has 0 saturated heterocycles. The van der Waals surface area contributed by atoms with Crippen molar-refractivity contribution in [1.29, 1.82) is 0 Å². The number of hydrogen-bond acceptors (Lipinski definition) is 3. The zero-order valence-electron chi connectivity index (χ0n) is 9.76. The molecule has 19 heavy (non-hydrogen) atoms. The van der Waals surface area contributed by atoms with E-state index in [-0.39, 0.29) is 11.8 Å². The number of carbonyl (C=O) groups excluding carboxylic acids is 2. The Morgan fingerprint density at radius 2 is 1.53 bits per heavy atom. The van der Waals surface area contributed by atoms with Crippen molar-refractivity contribution >= 4 is 29.1 Å². The van der Waals surface area contributed by atoms with E-state index < -0.39 is 0 Å². The Bertz CT molecular complexity index is 650. The Kier molecular flexibility index (Phi) is 2.72. The van der Waals surface area contributed by atoms with Crippen molar-refractivity contribution in [2.75, 3.05) is 5.43 Å². The van der Waals surface area contributed by atoms with Crippen LogP contribution in [-0.2, 0) is 0 Å². The van der Waals surface area contributed by atoms with Gasteiger partial charge in [-0.3, -0.25) is 15.0 Å². The number of benzene rings is 2. The van der Waals surface area contributed by atoms with Gasteiger partial charge in [0.25, 0.3) is 11.8 Å². The predicted octanol–water partition coefficient (Wildman–Crippen LogP) is 2.96. The molecule has 0 aromatic heterocycles. The third-order valence-electron chi connectivity index (χ3n) is 2.86. The van der Waals surface area contributed by atoms with E-state index in [0.717, 1.165) is 5.01 Å². The van der Waals surface area contributed by atoms with Gasteiger partial charge in [-0.15, -0.1) is 0 Å². The third-order valence-corrected chi connectivity index (χ3v) is 3.09. The van der Waals surface area contributed by atoms with Crippen LogP contribution in [0.2, 0.25) is 5.02 Å². The summed E-state index contributed by atoms with van der Waals surface area (Å²) >= 11 is 5.86. The molecule has 1 aliphatic rings. The van der Waals surface area contributed by atoms with Crippen molar-refractivity contribution in [1.82, 2.24) is 5.01 Å². The minimum Gasteiger partial charge on any atom is -0.288 e. The first kappa shape index (κ1) is 11.7. The molecule has 2 aromatic rings. The maximum absolute atomic E-state index is 12.1. The van der Waals surface area contributed by atoms with Crippen molar-refractivity contribution < 1.29 is 9.59 Å². The van der Waals surface area contributed by atoms with Gasteiger partial charge in [0.05, 0.1) is 16.8 Å². The largest absolute Gasteiger partial charge is 0.288 e. The van der Waals surface area contributed by atoms with Crippen LogP contribution in [0.4, 0.5) is 5.69 Å². The number of rotatable bonds is 2. The average molecular weight is 273 g/mol. The van der Waals surface area contributed by atoms with Gasteiger partial charge in [-0.25, -0.2) is 0 Å². The van der Waals surface area contributed by atoms with Crippen molar-refractivity contribution in [3.8, 4) is 0 Å². The van der Waals surface area contributed by atoms with E-state index in [1.165, 1.54) is 0 Å². The van der Waals surface area contributed by atoms with Crippen molar-refractivity contribution in [3.05, 3.63) is 64.7 Å². The summed E-state index contributed by atoms with van der Waals surface area (Å²) in [5, 5.41) is 1.53. The number of anilines is 1. The number of imide groups is 1. The van der Waals surface area contributed by atoms with Crippen LogP contribution >= 0.6 is 11.6 Å². The molecule has 0 saturated carbocycles. The molecule has 0 atom stereocenters. The lowest BCUT2D eigenvalue weighted by Crippen LogP contribution is -2.35. The summed E-state index contributed by atoms with van der Waals surface area (Å²) in [6, 6.07) is 13.6. The number of halogens is 1. The summed E-state index contributed by atoms with van der Waals surface area (Å²) in [5.41, 5.74) is 4.17. The van der Waals surface area contributed by atoms with Crippen LogP contribution in [0.15, 0.2) is 48.5 Å². The number of hydrazine groups is 1. The van der Waals surface area contributed by atoms with E-state index in [4.69, 9.17) is 11.6 Å². The van der Waals surface area contributed by atoms with E-state index in [1.807, 2.05) is 0 Å². The van der Waals surface area contributed by atoms with Gasteiger partial charge >= 0.3 is 0 Å². The molecule has 0 aliphatic carbocycles. The fraction of sp³-hybridized carbons (Fsp3) is 0. The van der Waals surface area contributed by atoms with E-state index in [1.54, 1.807) is 48.5 Å². The van der Waals surface area contributed by atoms with E-state index in [9.17, 15) is 9.59 Å². The molecule has 94 valence electrons. The molecule has 2 aromatic carbocycles. The lowest BCUT2D eigenvalue weighted by Gasteiger charge is -2.16. The fourth-order valence-corrected chi connectivity index (χ4v) is 2.17. The highest BCUT2D eigenvalue weighted by molar-refractivity contribution is 6.30. The Morgan fingerprint density at radius 1 is 0.895 bits per heavy atom. The third kappa shape index (κ3) is 1.96. The lowest BCUT2D eigenvalue weighted by molar-refractivity contribution is 0.0691. The van der Waals surface area contributed by atoms with Gasteiger partial charge in [0.15, 0.2) is 0 Å². The summed E-state index contributed by atoms with van der Waals surface area (Å²) in [7, 11) is 0. The number of nitrogens with zero attached hydrogens (tertiary/aromatic N) is 1. The average Bonchev–Trinajstić information content (AvgIpc) is 2.65. The molecule has 0 bridgehead atoms. The van der Waals surface area contributed by atoms with Crippen LogP contribution in [0, 0.1) is 0 Å². The minimum atomic E-state index is -0.361. The lowest BCUT2D eigenvalue weighted by atomic mass is 10.1. The molecule has 0 spiro atoms. The van der Waals surface area contributed by atoms with Crippen LogP contribution < -0.4 is 5.43 Å². The van der Waals surface area contributed by atoms with Crippen LogP contribution in [-0.4, -0.2) is 16.8 Å². The summed E-state index contributed by atoms with van der Waals surface area (Å²) in [4.78, 5) is 24.2. The highest BCUT2D eigenvalue weighted by Crippen LogP contribution is 2.24. The van der Waals surface area contributed by atoms with Gasteiger partial charge in [0.1, 0.15) is 0 Å². The smallest absolute Gasteiger partial charge is 0.280 e. The first-order valence-corrected chi connectivity index (χ1v) is 6.04. The minimum absolute atomic E-state index is 0.361. The molecule has 3 rings (SSSR count). The molecule has 4 nitrogen and oxygen atoms in total. The Labute approximate surface area is 114 Å². The van der Waals surface area contributed by atoms with Gasteiger partial charge in [-0.1, -0.05) is 29.8 Å². The number of hydrogen-bond donors (Lipinski definition) is 1. The molecular formula is C14H9ClN2O2. The van der Waals surface area contributed by atoms with Crippen molar-refractivity contribution in [3.63, 3.8) is 0 Å². The van der Waals surface area contributed by atoms with Crippen LogP contribution in [0.25, 0.3) is 0 Å². The van der Waals surface area contributed by atoms with Crippen LogP contribution in [0.5, 0.6) is 0 Å². The van der Waals surface area contributed by atoms with Gasteiger partial charge < -0.3 is 0 Å². The summed E-state index contributed by atoms with van der Waals surface area (Å²) in [6.07, 6.45) is 0. The predicted molar refractivity (Wildman–Crippen MR) is 72.0 cm³/mol. The van der Waals surface area contributed by atoms with Crippen LogP contribution in [0.1, 0.15) is 20.7 Å². The first-order chi connectivity index (χ1) is 9.16. The topological polar surface area (TPSA) is 49.4 Å². The zero-order chi connectivity index (χ0) is 13.4. The highest BCUT2D eigenvalue weighted by Gasteiger charge is 2.35. The second-order valence-electron chi connectivity index (χ2n) is 4.11. The molecule has 2 amide bonds. The molecule has 5 heteroatoms. The maximum Gasteiger partial charge on any atom is 0.280 e. The quantitative estimate of drug-likeness (QED) is 0.855. The summed E-state index contributed by atoms with van der Waals surface area (Å²) in [5.74, 6) is -0.721. The zero-order valence-corrected chi connectivity index (χ0v) is 10.5. The number of carbonyl (C=O) groups is 2. The summed E-state index contributed by atoms with van der Waals surface area (Å²) < 4.78 is 0. The molecule has 1 aliphatic heterocycles. The maximum atomic E-state index is 12.1. The Morgan fingerprint density at radius 3 is 2.11 bits per heavy atom. The van der Waals surface area contributed by atoms with E-state index in [0.29, 0.717) is 21.8 Å². The van der Waals surface area contributed by atoms with Gasteiger partial charge in [0, 0.05) is 5.02 Å². The number of amides is 2. The van der Waals surface area contributed by atoms with Crippen LogP contribution in [0.3, 0.4) is 0 Å². The van der Waals surface area contributed by atoms with Gasteiger partial charge in [-0.2, -0.15) is 5.01 Å². The fourth-order valence-electron chi connectivity index (χ4n) is 1.98. The van der Waals surface area contributed by atoms with Crippen molar-refractivity contribution in [2.24, 2.45) is 0 Å². The molecular weight excluding hydrogens is 264 g/mol. The standard InChI is InChI=1S/C14H9ClN2O2/c15-9-4-3-5-10(8-9)16-17-13(18)11-6-1-2-7-12(11)14(17)19/h1-8,16H. The first-order valence-electron chi connectivity index (χ1n) is 5.67. The molecule has 0 unspecified atom stereocenters. The monoisotopic (exact) mass is 272 g/mol. The SMILES string of the molecule is O=C1c2ccccc2C(=O)N1Nc1cccc(Cl)c1. The molecule has 0 radical (unpaired) electrons. The molecule has 0 fully saturated rings. The second-order valence-corrected chi connectivity index (χ2v) is 4.55. The Balaban J connectivity index is 1.92. The second kappa shape index (κ2) is 4.40. The van der Waals surface area contributed by atoms with Gasteiger partial charge in [-0.05, 0) is 30.3 Å². The summed E-state index contributed by atoms with van der Waals surface area (Å²) in [6.45, 7) is 0. The number of nitrogens with one attached hydrogen (secondary N) is 1. The van der Waals surface area contributed by atoms with E-state index >= 15 is 0 Å². The highest BCUT2D eigenvalue weighted by atomic mass is 35.5. The molecule has 1 heterocycles. The molecule has 1 N–H and O–H groups in total. The number of fused-ring (bicyclic) bond motifs is 1. The normalized spacial score (nSPS) is 13.6. The van der Waals surface area contributed by atoms with Crippen molar-refractivity contribution in [2.45, 2.75) is 0 Å². The Hall–Kier alpha value is -2.33. The van der Waals surface area contributed by atoms with Gasteiger partial charge in [0.2, 0.25) is 0 Å². The van der Waals surface area contributed by atoms with E-state index in [2.05, 4.69) is 5.43 Å².